The number of para-hydroxylation sites is 1. The predicted molar refractivity (Wildman–Crippen MR) is 87.7 cm³/mol. The summed E-state index contributed by atoms with van der Waals surface area (Å²) in [6.45, 7) is 0.293. The average Bonchev–Trinajstić information content (AvgIpc) is 2.57. The number of halogens is 1. The highest BCUT2D eigenvalue weighted by Gasteiger charge is 2.31. The Hall–Kier alpha value is -2.39. The molecule has 0 atom stereocenters. The van der Waals surface area contributed by atoms with Crippen molar-refractivity contribution in [3.8, 4) is 0 Å². The van der Waals surface area contributed by atoms with Gasteiger partial charge in [-0.1, -0.05) is 54.1 Å². The molecule has 3 rings (SSSR count). The molecular weight excluding hydrogens is 298 g/mol. The van der Waals surface area contributed by atoms with Gasteiger partial charge in [-0.2, -0.15) is 0 Å². The molecule has 22 heavy (non-hydrogen) atoms. The van der Waals surface area contributed by atoms with Gasteiger partial charge < -0.3 is 4.90 Å². The maximum absolute atomic E-state index is 12.6. The van der Waals surface area contributed by atoms with Crippen LogP contribution in [0, 0.1) is 0 Å². The lowest BCUT2D eigenvalue weighted by molar-refractivity contribution is 0.0979. The van der Waals surface area contributed by atoms with Gasteiger partial charge in [0.25, 0.3) is 0 Å². The lowest BCUT2D eigenvalue weighted by atomic mass is 9.89. The standard InChI is InChI=1S/C18H14ClNO2/c1-20(12-7-3-2-4-8-12)11-15-16(19)18(22)14-10-6-5-9-13(14)17(15)21/h2-10H,11H2,1H3. The molecule has 110 valence electrons. The average molecular weight is 312 g/mol. The molecule has 4 heteroatoms. The second kappa shape index (κ2) is 5.78. The molecule has 1 aliphatic rings. The second-order valence-electron chi connectivity index (χ2n) is 5.19. The zero-order valence-electron chi connectivity index (χ0n) is 12.0. The summed E-state index contributed by atoms with van der Waals surface area (Å²) in [5.41, 5.74) is 2.10. The van der Waals surface area contributed by atoms with E-state index in [1.807, 2.05) is 42.3 Å². The van der Waals surface area contributed by atoms with E-state index in [1.165, 1.54) is 0 Å². The number of benzene rings is 2. The van der Waals surface area contributed by atoms with Crippen molar-refractivity contribution >= 4 is 28.9 Å². The Morgan fingerprint density at radius 1 is 0.864 bits per heavy atom. The molecule has 3 nitrogen and oxygen atoms in total. The normalized spacial score (nSPS) is 14.1. The first-order chi connectivity index (χ1) is 10.6. The van der Waals surface area contributed by atoms with Gasteiger partial charge in [0.05, 0.1) is 5.03 Å². The number of likely N-dealkylation sites (N-methyl/N-ethyl adjacent to an activating group) is 1. The summed E-state index contributed by atoms with van der Waals surface area (Å²) >= 11 is 6.17. The minimum Gasteiger partial charge on any atom is -0.370 e. The molecule has 0 N–H and O–H groups in total. The zero-order chi connectivity index (χ0) is 15.7. The summed E-state index contributed by atoms with van der Waals surface area (Å²) in [7, 11) is 1.87. The molecular formula is C18H14ClNO2. The van der Waals surface area contributed by atoms with Crippen molar-refractivity contribution in [1.82, 2.24) is 0 Å². The van der Waals surface area contributed by atoms with Crippen LogP contribution in [0.1, 0.15) is 20.7 Å². The zero-order valence-corrected chi connectivity index (χ0v) is 12.8. The highest BCUT2D eigenvalue weighted by atomic mass is 35.5. The smallest absolute Gasteiger partial charge is 0.205 e. The molecule has 2 aromatic carbocycles. The number of Topliss-reactive ketones (excluding diaryl/α,β-unsaturated/α-hetero) is 2. The monoisotopic (exact) mass is 311 g/mol. The Kier molecular flexibility index (Phi) is 3.82. The Labute approximate surface area is 133 Å². The topological polar surface area (TPSA) is 37.4 Å². The molecule has 0 radical (unpaired) electrons. The van der Waals surface area contributed by atoms with Crippen LogP contribution in [0.3, 0.4) is 0 Å². The third-order valence-corrected chi connectivity index (χ3v) is 4.15. The fourth-order valence-corrected chi connectivity index (χ4v) is 2.80. The van der Waals surface area contributed by atoms with E-state index in [0.717, 1.165) is 5.69 Å². The first kappa shape index (κ1) is 14.5. The van der Waals surface area contributed by atoms with Crippen LogP contribution in [0.5, 0.6) is 0 Å². The lowest BCUT2D eigenvalue weighted by Gasteiger charge is -2.24. The van der Waals surface area contributed by atoms with Crippen molar-refractivity contribution in [3.05, 3.63) is 76.3 Å². The van der Waals surface area contributed by atoms with E-state index in [1.54, 1.807) is 24.3 Å². The van der Waals surface area contributed by atoms with Crippen molar-refractivity contribution in [2.75, 3.05) is 18.5 Å². The quantitative estimate of drug-likeness (QED) is 0.867. The summed E-state index contributed by atoms with van der Waals surface area (Å²) in [5, 5.41) is 0.0199. The van der Waals surface area contributed by atoms with Crippen molar-refractivity contribution in [2.24, 2.45) is 0 Å². The molecule has 0 heterocycles. The molecule has 0 bridgehead atoms. The van der Waals surface area contributed by atoms with E-state index in [-0.39, 0.29) is 16.6 Å². The van der Waals surface area contributed by atoms with Crippen LogP contribution >= 0.6 is 11.6 Å². The summed E-state index contributed by atoms with van der Waals surface area (Å²) in [4.78, 5) is 26.8. The number of rotatable bonds is 3. The fourth-order valence-electron chi connectivity index (χ4n) is 2.55. The van der Waals surface area contributed by atoms with Gasteiger partial charge in [-0.3, -0.25) is 9.59 Å². The fraction of sp³-hybridized carbons (Fsp3) is 0.111. The van der Waals surface area contributed by atoms with Crippen LogP contribution in [0.4, 0.5) is 5.69 Å². The number of nitrogens with zero attached hydrogens (tertiary/aromatic N) is 1. The van der Waals surface area contributed by atoms with Crippen LogP contribution in [0.2, 0.25) is 0 Å². The third kappa shape index (κ3) is 2.44. The Morgan fingerprint density at radius 3 is 2.05 bits per heavy atom. The van der Waals surface area contributed by atoms with Crippen LogP contribution < -0.4 is 4.90 Å². The van der Waals surface area contributed by atoms with Crippen molar-refractivity contribution in [3.63, 3.8) is 0 Å². The van der Waals surface area contributed by atoms with Crippen molar-refractivity contribution in [1.29, 1.82) is 0 Å². The minimum atomic E-state index is -0.284. The molecule has 0 spiro atoms. The van der Waals surface area contributed by atoms with Gasteiger partial charge in [0.15, 0.2) is 5.78 Å². The van der Waals surface area contributed by atoms with E-state index in [4.69, 9.17) is 11.6 Å². The van der Waals surface area contributed by atoms with Crippen LogP contribution in [0.15, 0.2) is 65.2 Å². The number of allylic oxidation sites excluding steroid dienone is 1. The van der Waals surface area contributed by atoms with E-state index in [0.29, 0.717) is 23.2 Å². The van der Waals surface area contributed by atoms with E-state index >= 15 is 0 Å². The Morgan fingerprint density at radius 2 is 1.41 bits per heavy atom. The molecule has 1 aliphatic carbocycles. The first-order valence-electron chi connectivity index (χ1n) is 6.93. The van der Waals surface area contributed by atoms with Gasteiger partial charge in [-0.15, -0.1) is 0 Å². The molecule has 0 saturated carbocycles. The molecule has 2 aromatic rings. The first-order valence-corrected chi connectivity index (χ1v) is 7.30. The number of hydrogen-bond acceptors (Lipinski definition) is 3. The van der Waals surface area contributed by atoms with E-state index in [2.05, 4.69) is 0 Å². The number of fused-ring (bicyclic) bond motifs is 1. The van der Waals surface area contributed by atoms with Gasteiger partial charge in [-0.05, 0) is 12.1 Å². The van der Waals surface area contributed by atoms with Crippen molar-refractivity contribution in [2.45, 2.75) is 0 Å². The molecule has 0 unspecified atom stereocenters. The van der Waals surface area contributed by atoms with E-state index in [9.17, 15) is 9.59 Å². The summed E-state index contributed by atoms with van der Waals surface area (Å²) in [5.74, 6) is -0.462. The highest BCUT2D eigenvalue weighted by Crippen LogP contribution is 2.29. The van der Waals surface area contributed by atoms with E-state index < -0.39 is 0 Å². The van der Waals surface area contributed by atoms with Gasteiger partial charge >= 0.3 is 0 Å². The number of carbonyl (C=O) groups excluding carboxylic acids is 2. The van der Waals surface area contributed by atoms with Crippen LogP contribution in [-0.2, 0) is 0 Å². The number of ketones is 2. The SMILES string of the molecule is CN(CC1=C(Cl)C(=O)c2ccccc2C1=O)c1ccccc1. The maximum Gasteiger partial charge on any atom is 0.205 e. The molecule has 0 amide bonds. The van der Waals surface area contributed by atoms with Crippen LogP contribution in [0.25, 0.3) is 0 Å². The van der Waals surface area contributed by atoms with Gasteiger partial charge in [0.2, 0.25) is 5.78 Å². The maximum atomic E-state index is 12.6. The van der Waals surface area contributed by atoms with Crippen LogP contribution in [-0.4, -0.2) is 25.2 Å². The second-order valence-corrected chi connectivity index (χ2v) is 5.57. The summed E-state index contributed by atoms with van der Waals surface area (Å²) < 4.78 is 0. The third-order valence-electron chi connectivity index (χ3n) is 3.75. The molecule has 0 fully saturated rings. The summed E-state index contributed by atoms with van der Waals surface area (Å²) in [6.07, 6.45) is 0. The van der Waals surface area contributed by atoms with Gasteiger partial charge in [-0.25, -0.2) is 0 Å². The number of carbonyl (C=O) groups is 2. The van der Waals surface area contributed by atoms with Crippen molar-refractivity contribution < 1.29 is 9.59 Å². The molecule has 0 aromatic heterocycles. The highest BCUT2D eigenvalue weighted by molar-refractivity contribution is 6.50. The lowest BCUT2D eigenvalue weighted by Crippen LogP contribution is -2.29. The molecule has 0 aliphatic heterocycles. The summed E-state index contributed by atoms with van der Waals surface area (Å²) in [6, 6.07) is 16.4. The Bertz CT molecular complexity index is 781. The number of anilines is 1. The predicted octanol–water partition coefficient (Wildman–Crippen LogP) is 3.69. The largest absolute Gasteiger partial charge is 0.370 e. The molecule has 0 saturated heterocycles. The Balaban J connectivity index is 1.96. The van der Waals surface area contributed by atoms with Gasteiger partial charge in [0, 0.05) is 36.0 Å². The number of hydrogen-bond donors (Lipinski definition) is 0. The van der Waals surface area contributed by atoms with Gasteiger partial charge in [0.1, 0.15) is 0 Å². The minimum absolute atomic E-state index is 0.0199.